The molecule has 1 rings (SSSR count). The van der Waals surface area contributed by atoms with Crippen LogP contribution in [0, 0.1) is 0 Å². The summed E-state index contributed by atoms with van der Waals surface area (Å²) in [4.78, 5) is 2.69. The molecule has 0 aromatic rings. The molecule has 0 saturated carbocycles. The lowest BCUT2D eigenvalue weighted by Crippen LogP contribution is -2.70. The molecule has 3 nitrogen and oxygen atoms in total. The van der Waals surface area contributed by atoms with Crippen LogP contribution in [-0.2, 0) is 8.85 Å². The molecule has 0 radical (unpaired) electrons. The Kier molecular flexibility index (Phi) is 7.60. The van der Waals surface area contributed by atoms with Gasteiger partial charge >= 0.3 is 0 Å². The largest absolute Gasteiger partial charge is 0.413 e. The SMILES string of the molecule is CCC1(C(C)O[Si](C)(C)C)CCCC(CC)(C(C)O[Si](C)(C)C)N1C. The summed E-state index contributed by atoms with van der Waals surface area (Å²) in [5.41, 5.74) is 0.233. The molecule has 5 heteroatoms. The summed E-state index contributed by atoms with van der Waals surface area (Å²) in [7, 11) is -0.793. The topological polar surface area (TPSA) is 21.7 Å². The fraction of sp³-hybridized carbons (Fsp3) is 1.00. The number of likely N-dealkylation sites (tertiary alicyclic amines) is 1. The zero-order valence-electron chi connectivity index (χ0n) is 19.0. The molecule has 150 valence electrons. The summed E-state index contributed by atoms with van der Waals surface area (Å²) in [5, 5.41) is 0. The van der Waals surface area contributed by atoms with Crippen LogP contribution in [-0.4, -0.2) is 51.9 Å². The van der Waals surface area contributed by atoms with Crippen molar-refractivity contribution < 1.29 is 8.85 Å². The Morgan fingerprint density at radius 2 is 1.12 bits per heavy atom. The quantitative estimate of drug-likeness (QED) is 0.485. The van der Waals surface area contributed by atoms with Crippen LogP contribution in [0.1, 0.15) is 59.8 Å². The second kappa shape index (κ2) is 8.13. The Hall–Kier alpha value is 0.314. The van der Waals surface area contributed by atoms with Gasteiger partial charge in [-0.1, -0.05) is 13.8 Å². The van der Waals surface area contributed by atoms with Gasteiger partial charge in [-0.25, -0.2) is 0 Å². The average Bonchev–Trinajstić information content (AvgIpc) is 2.44. The minimum atomic E-state index is -1.57. The molecule has 0 bridgehead atoms. The number of rotatable bonds is 8. The first-order chi connectivity index (χ1) is 11.2. The van der Waals surface area contributed by atoms with Crippen LogP contribution in [0.25, 0.3) is 0 Å². The van der Waals surface area contributed by atoms with Crippen LogP contribution >= 0.6 is 0 Å². The summed E-state index contributed by atoms with van der Waals surface area (Å²) < 4.78 is 13.3. The van der Waals surface area contributed by atoms with E-state index in [4.69, 9.17) is 8.85 Å². The molecule has 0 aromatic carbocycles. The van der Waals surface area contributed by atoms with Crippen molar-refractivity contribution >= 4 is 16.6 Å². The van der Waals surface area contributed by atoms with Crippen molar-refractivity contribution in [2.24, 2.45) is 0 Å². The number of hydrogen-bond donors (Lipinski definition) is 0. The lowest BCUT2D eigenvalue weighted by molar-refractivity contribution is -0.135. The van der Waals surface area contributed by atoms with Crippen LogP contribution in [0.2, 0.25) is 39.3 Å². The van der Waals surface area contributed by atoms with E-state index < -0.39 is 16.6 Å². The van der Waals surface area contributed by atoms with E-state index in [0.29, 0.717) is 0 Å². The van der Waals surface area contributed by atoms with E-state index in [9.17, 15) is 0 Å². The van der Waals surface area contributed by atoms with E-state index in [1.54, 1.807) is 0 Å². The second-order valence-electron chi connectivity index (χ2n) is 10.1. The molecule has 0 aliphatic carbocycles. The number of hydrogen-bond acceptors (Lipinski definition) is 3. The highest BCUT2D eigenvalue weighted by atomic mass is 28.4. The van der Waals surface area contributed by atoms with Crippen molar-refractivity contribution in [2.75, 3.05) is 7.05 Å². The minimum Gasteiger partial charge on any atom is -0.413 e. The third-order valence-corrected chi connectivity index (χ3v) is 8.48. The van der Waals surface area contributed by atoms with Crippen LogP contribution in [0.4, 0.5) is 0 Å². The number of likely N-dealkylation sites (N-methyl/N-ethyl adjacent to an activating group) is 1. The Morgan fingerprint density at radius 3 is 1.36 bits per heavy atom. The monoisotopic (exact) mass is 387 g/mol. The molecular weight excluding hydrogens is 342 g/mol. The van der Waals surface area contributed by atoms with Crippen molar-refractivity contribution in [1.29, 1.82) is 0 Å². The zero-order valence-corrected chi connectivity index (χ0v) is 21.0. The van der Waals surface area contributed by atoms with Crippen LogP contribution in [0.3, 0.4) is 0 Å². The summed E-state index contributed by atoms with van der Waals surface area (Å²) in [6.07, 6.45) is 6.52. The molecule has 0 spiro atoms. The van der Waals surface area contributed by atoms with E-state index in [2.05, 4.69) is 78.9 Å². The lowest BCUT2D eigenvalue weighted by atomic mass is 9.70. The number of nitrogens with zero attached hydrogens (tertiary/aromatic N) is 1. The minimum absolute atomic E-state index is 0.117. The van der Waals surface area contributed by atoms with Gasteiger partial charge in [0, 0.05) is 11.1 Å². The van der Waals surface area contributed by atoms with E-state index >= 15 is 0 Å². The van der Waals surface area contributed by atoms with Crippen LogP contribution in [0.15, 0.2) is 0 Å². The maximum absolute atomic E-state index is 6.63. The smallest absolute Gasteiger partial charge is 0.184 e. The van der Waals surface area contributed by atoms with Gasteiger partial charge in [-0.3, -0.25) is 4.90 Å². The fourth-order valence-corrected chi connectivity index (χ4v) is 7.67. The van der Waals surface area contributed by atoms with Crippen molar-refractivity contribution in [2.45, 2.75) is 122 Å². The van der Waals surface area contributed by atoms with E-state index in [0.717, 1.165) is 12.8 Å². The zero-order chi connectivity index (χ0) is 19.7. The van der Waals surface area contributed by atoms with Crippen LogP contribution in [0.5, 0.6) is 0 Å². The normalized spacial score (nSPS) is 31.8. The molecule has 1 saturated heterocycles. The first kappa shape index (κ1) is 23.4. The molecule has 1 aliphatic heterocycles. The highest BCUT2D eigenvalue weighted by Gasteiger charge is 2.54. The maximum atomic E-state index is 6.63. The summed E-state index contributed by atoms with van der Waals surface area (Å²) in [5.74, 6) is 0. The molecule has 1 heterocycles. The fourth-order valence-electron chi connectivity index (χ4n) is 5.11. The van der Waals surface area contributed by atoms with Crippen molar-refractivity contribution in [1.82, 2.24) is 4.90 Å². The van der Waals surface area contributed by atoms with Gasteiger partial charge in [0.05, 0.1) is 12.2 Å². The summed E-state index contributed by atoms with van der Waals surface area (Å²) in [6.45, 7) is 23.1. The first-order valence-electron chi connectivity index (χ1n) is 10.3. The molecule has 4 unspecified atom stereocenters. The third kappa shape index (κ3) is 5.19. The Balaban J connectivity index is 3.22. The van der Waals surface area contributed by atoms with Gasteiger partial charge in [0.1, 0.15) is 0 Å². The van der Waals surface area contributed by atoms with Gasteiger partial charge in [0.2, 0.25) is 0 Å². The molecule has 0 N–H and O–H groups in total. The van der Waals surface area contributed by atoms with Crippen molar-refractivity contribution in [3.05, 3.63) is 0 Å². The number of piperidine rings is 1. The highest BCUT2D eigenvalue weighted by molar-refractivity contribution is 6.70. The predicted molar refractivity (Wildman–Crippen MR) is 115 cm³/mol. The summed E-state index contributed by atoms with van der Waals surface area (Å²) >= 11 is 0. The molecule has 0 aromatic heterocycles. The molecule has 1 aliphatic rings. The highest BCUT2D eigenvalue weighted by Crippen LogP contribution is 2.47. The standard InChI is InChI=1S/C20H45NO2Si2/c1-12-19(17(3)22-24(6,7)8)15-14-16-20(13-2,21(19)5)18(4)23-25(9,10)11/h17-18H,12-16H2,1-11H3. The lowest BCUT2D eigenvalue weighted by Gasteiger charge is -2.61. The predicted octanol–water partition coefficient (Wildman–Crippen LogP) is 5.88. The van der Waals surface area contributed by atoms with E-state index in [1.807, 2.05) is 0 Å². The van der Waals surface area contributed by atoms with E-state index in [1.165, 1.54) is 19.3 Å². The third-order valence-electron chi connectivity index (χ3n) is 6.35. The van der Waals surface area contributed by atoms with Gasteiger partial charge in [0.15, 0.2) is 16.6 Å². The average molecular weight is 388 g/mol. The Labute approximate surface area is 160 Å². The van der Waals surface area contributed by atoms with Crippen LogP contribution < -0.4 is 0 Å². The Bertz CT molecular complexity index is 394. The summed E-state index contributed by atoms with van der Waals surface area (Å²) in [6, 6.07) is 0. The molecule has 1 fully saturated rings. The van der Waals surface area contributed by atoms with Gasteiger partial charge in [-0.2, -0.15) is 0 Å². The second-order valence-corrected chi connectivity index (χ2v) is 19.0. The molecular formula is C20H45NO2Si2. The van der Waals surface area contributed by atoms with E-state index in [-0.39, 0.29) is 23.3 Å². The van der Waals surface area contributed by atoms with Gasteiger partial charge < -0.3 is 8.85 Å². The maximum Gasteiger partial charge on any atom is 0.184 e. The molecule has 4 atom stereocenters. The van der Waals surface area contributed by atoms with Gasteiger partial charge in [-0.05, 0) is 92.3 Å². The van der Waals surface area contributed by atoms with Crippen molar-refractivity contribution in [3.63, 3.8) is 0 Å². The molecule has 25 heavy (non-hydrogen) atoms. The van der Waals surface area contributed by atoms with Crippen molar-refractivity contribution in [3.8, 4) is 0 Å². The van der Waals surface area contributed by atoms with Gasteiger partial charge in [0.25, 0.3) is 0 Å². The van der Waals surface area contributed by atoms with Gasteiger partial charge in [-0.15, -0.1) is 0 Å². The Morgan fingerprint density at radius 1 is 0.800 bits per heavy atom. The molecule has 0 amide bonds. The first-order valence-corrected chi connectivity index (χ1v) is 17.2.